The molecule has 1 nitrogen and oxygen atoms in total. The van der Waals surface area contributed by atoms with Gasteiger partial charge in [-0.05, 0) is 49.7 Å². The minimum absolute atomic E-state index is 0.0702. The Morgan fingerprint density at radius 2 is 1.31 bits per heavy atom. The molecule has 1 unspecified atom stereocenters. The summed E-state index contributed by atoms with van der Waals surface area (Å²) in [6.07, 6.45) is 8.98. The summed E-state index contributed by atoms with van der Waals surface area (Å²) in [5, 5.41) is 9.78. The molecule has 16 heavy (non-hydrogen) atoms. The van der Waals surface area contributed by atoms with Crippen LogP contribution in [0.2, 0.25) is 0 Å². The zero-order valence-electron chi connectivity index (χ0n) is 9.99. The highest BCUT2D eigenvalue weighted by Gasteiger charge is 2.05. The average Bonchev–Trinajstić information content (AvgIpc) is 2.32. The summed E-state index contributed by atoms with van der Waals surface area (Å²) in [5.41, 5.74) is 2.87. The first kappa shape index (κ1) is 11.7. The van der Waals surface area contributed by atoms with E-state index in [9.17, 15) is 5.11 Å². The first-order valence-corrected chi connectivity index (χ1v) is 6.60. The summed E-state index contributed by atoms with van der Waals surface area (Å²) in [4.78, 5) is 0. The first-order valence-electron chi connectivity index (χ1n) is 6.60. The lowest BCUT2D eigenvalue weighted by molar-refractivity contribution is 0.148. The van der Waals surface area contributed by atoms with Gasteiger partial charge in [0.1, 0.15) is 0 Å². The van der Waals surface area contributed by atoms with Crippen LogP contribution in [0.5, 0.6) is 0 Å². The highest BCUT2D eigenvalue weighted by atomic mass is 16.3. The second-order valence-electron chi connectivity index (χ2n) is 4.96. The minimum Gasteiger partial charge on any atom is -0.393 e. The van der Waals surface area contributed by atoms with E-state index in [0.717, 1.165) is 25.7 Å². The predicted octanol–water partition coefficient (Wildman–Crippen LogP) is 3.49. The highest BCUT2D eigenvalue weighted by molar-refractivity contribution is 5.22. The van der Waals surface area contributed by atoms with Gasteiger partial charge in [-0.1, -0.05) is 37.1 Å². The fourth-order valence-electron chi connectivity index (χ4n) is 2.44. The van der Waals surface area contributed by atoms with Crippen LogP contribution >= 0.6 is 0 Å². The Balaban J connectivity index is 1.98. The van der Waals surface area contributed by atoms with E-state index in [4.69, 9.17) is 0 Å². The quantitative estimate of drug-likeness (QED) is 0.706. The van der Waals surface area contributed by atoms with Crippen molar-refractivity contribution in [2.45, 2.75) is 57.5 Å². The van der Waals surface area contributed by atoms with Crippen molar-refractivity contribution in [1.29, 1.82) is 0 Å². The molecule has 2 bridgehead atoms. The van der Waals surface area contributed by atoms with Crippen molar-refractivity contribution in [1.82, 2.24) is 0 Å². The third kappa shape index (κ3) is 3.64. The van der Waals surface area contributed by atoms with Crippen molar-refractivity contribution in [3.8, 4) is 0 Å². The molecule has 0 heterocycles. The maximum atomic E-state index is 9.78. The van der Waals surface area contributed by atoms with Crippen LogP contribution in [0.4, 0.5) is 0 Å². The van der Waals surface area contributed by atoms with Gasteiger partial charge >= 0.3 is 0 Å². The summed E-state index contributed by atoms with van der Waals surface area (Å²) in [6.45, 7) is 0. The fourth-order valence-corrected chi connectivity index (χ4v) is 2.44. The van der Waals surface area contributed by atoms with Gasteiger partial charge < -0.3 is 5.11 Å². The first-order chi connectivity index (χ1) is 7.84. The van der Waals surface area contributed by atoms with E-state index in [2.05, 4.69) is 24.3 Å². The summed E-state index contributed by atoms with van der Waals surface area (Å²) in [6, 6.07) is 9.03. The van der Waals surface area contributed by atoms with E-state index in [-0.39, 0.29) is 6.10 Å². The van der Waals surface area contributed by atoms with E-state index in [0.29, 0.717) is 0 Å². The molecule has 0 saturated carbocycles. The van der Waals surface area contributed by atoms with Gasteiger partial charge in [0.15, 0.2) is 0 Å². The lowest BCUT2D eigenvalue weighted by atomic mass is 10.0. The molecule has 0 radical (unpaired) electrons. The van der Waals surface area contributed by atoms with Crippen molar-refractivity contribution in [2.24, 2.45) is 0 Å². The smallest absolute Gasteiger partial charge is 0.0540 e. The van der Waals surface area contributed by atoms with Crippen LogP contribution in [0.3, 0.4) is 0 Å². The second kappa shape index (κ2) is 6.05. The summed E-state index contributed by atoms with van der Waals surface area (Å²) < 4.78 is 0. The van der Waals surface area contributed by atoms with Crippen LogP contribution < -0.4 is 0 Å². The topological polar surface area (TPSA) is 20.2 Å². The third-order valence-corrected chi connectivity index (χ3v) is 3.53. The van der Waals surface area contributed by atoms with Gasteiger partial charge in [-0.3, -0.25) is 0 Å². The lowest BCUT2D eigenvalue weighted by Crippen LogP contribution is -2.06. The summed E-state index contributed by atoms with van der Waals surface area (Å²) >= 11 is 0. The number of fused-ring (bicyclic) bond motifs is 10. The van der Waals surface area contributed by atoms with Crippen LogP contribution in [0.15, 0.2) is 24.3 Å². The molecule has 0 aromatic heterocycles. The molecular formula is C15H22O. The van der Waals surface area contributed by atoms with Crippen molar-refractivity contribution in [2.75, 3.05) is 0 Å². The Hall–Kier alpha value is -0.820. The minimum atomic E-state index is -0.0702. The number of rotatable bonds is 0. The fraction of sp³-hybridized carbons (Fsp3) is 0.600. The molecule has 0 saturated heterocycles. The van der Waals surface area contributed by atoms with Crippen molar-refractivity contribution < 1.29 is 5.11 Å². The van der Waals surface area contributed by atoms with Gasteiger partial charge in [-0.15, -0.1) is 0 Å². The molecule has 1 atom stereocenters. The van der Waals surface area contributed by atoms with Crippen molar-refractivity contribution in [3.05, 3.63) is 35.4 Å². The van der Waals surface area contributed by atoms with E-state index >= 15 is 0 Å². The van der Waals surface area contributed by atoms with Crippen LogP contribution in [0.1, 0.15) is 49.7 Å². The molecule has 2 aliphatic carbocycles. The van der Waals surface area contributed by atoms with E-state index in [1.54, 1.807) is 0 Å². The summed E-state index contributed by atoms with van der Waals surface area (Å²) in [7, 11) is 0. The van der Waals surface area contributed by atoms with E-state index in [1.807, 2.05) is 0 Å². The summed E-state index contributed by atoms with van der Waals surface area (Å²) in [5.74, 6) is 0. The number of hydrogen-bond donors (Lipinski definition) is 1. The van der Waals surface area contributed by atoms with Gasteiger partial charge in [0.05, 0.1) is 6.10 Å². The zero-order valence-corrected chi connectivity index (χ0v) is 9.99. The van der Waals surface area contributed by atoms with Crippen molar-refractivity contribution >= 4 is 0 Å². The van der Waals surface area contributed by atoms with Gasteiger partial charge in [0.25, 0.3) is 0 Å². The van der Waals surface area contributed by atoms with Crippen LogP contribution in [-0.2, 0) is 12.8 Å². The Morgan fingerprint density at radius 1 is 0.750 bits per heavy atom. The number of aliphatic hydroxyl groups excluding tert-OH is 1. The average molecular weight is 218 g/mol. The number of aliphatic hydroxyl groups is 1. The monoisotopic (exact) mass is 218 g/mol. The van der Waals surface area contributed by atoms with E-state index in [1.165, 1.54) is 36.8 Å². The molecular weight excluding hydrogens is 196 g/mol. The molecule has 1 aromatic rings. The third-order valence-electron chi connectivity index (χ3n) is 3.53. The largest absolute Gasteiger partial charge is 0.393 e. The van der Waals surface area contributed by atoms with Gasteiger partial charge in [-0.25, -0.2) is 0 Å². The highest BCUT2D eigenvalue weighted by Crippen LogP contribution is 2.16. The molecule has 3 rings (SSSR count). The predicted molar refractivity (Wildman–Crippen MR) is 67.6 cm³/mol. The van der Waals surface area contributed by atoms with Crippen LogP contribution in [0, 0.1) is 0 Å². The standard InChI is InChI=1S/C15H22O/c16-15-7-3-1-2-5-13-9-11-14(12-10-13)6-4-8-15/h9-12,15-16H,1-8H2. The molecule has 0 aliphatic heterocycles. The maximum absolute atomic E-state index is 9.78. The van der Waals surface area contributed by atoms with Gasteiger partial charge in [0, 0.05) is 0 Å². The molecule has 88 valence electrons. The molecule has 1 aromatic carbocycles. The molecule has 2 aliphatic rings. The normalized spacial score (nSPS) is 23.2. The number of aryl methyl sites for hydroxylation is 2. The van der Waals surface area contributed by atoms with Gasteiger partial charge in [-0.2, -0.15) is 0 Å². The Bertz CT molecular complexity index is 302. The molecule has 0 spiro atoms. The molecule has 1 heteroatoms. The van der Waals surface area contributed by atoms with Crippen LogP contribution in [0.25, 0.3) is 0 Å². The van der Waals surface area contributed by atoms with Crippen LogP contribution in [-0.4, -0.2) is 11.2 Å². The molecule has 0 fully saturated rings. The van der Waals surface area contributed by atoms with E-state index < -0.39 is 0 Å². The SMILES string of the molecule is OC1CCCCCc2ccc(cc2)CCC1. The van der Waals surface area contributed by atoms with Crippen molar-refractivity contribution in [3.63, 3.8) is 0 Å². The molecule has 1 N–H and O–H groups in total. The Morgan fingerprint density at radius 3 is 2.00 bits per heavy atom. The second-order valence-corrected chi connectivity index (χ2v) is 4.96. The number of hydrogen-bond acceptors (Lipinski definition) is 1. The Labute approximate surface area is 98.5 Å². The van der Waals surface area contributed by atoms with Gasteiger partial charge in [0.2, 0.25) is 0 Å². The molecule has 0 amide bonds. The maximum Gasteiger partial charge on any atom is 0.0540 e. The zero-order chi connectivity index (χ0) is 11.2. The lowest BCUT2D eigenvalue weighted by Gasteiger charge is -2.09. The number of benzene rings is 1. The Kier molecular flexibility index (Phi) is 4.41.